The summed E-state index contributed by atoms with van der Waals surface area (Å²) < 4.78 is 0. The van der Waals surface area contributed by atoms with Crippen LogP contribution in [-0.2, 0) is 4.79 Å². The Morgan fingerprint density at radius 3 is 2.00 bits per heavy atom. The first-order valence-electron chi connectivity index (χ1n) is 7.29. The Labute approximate surface area is 118 Å². The van der Waals surface area contributed by atoms with E-state index >= 15 is 0 Å². The van der Waals surface area contributed by atoms with Crippen molar-refractivity contribution in [3.05, 3.63) is 0 Å². The third-order valence-corrected chi connectivity index (χ3v) is 3.84. The van der Waals surface area contributed by atoms with Crippen LogP contribution in [0.1, 0.15) is 54.4 Å². The summed E-state index contributed by atoms with van der Waals surface area (Å²) in [6.45, 7) is 13.8. The van der Waals surface area contributed by atoms with E-state index in [0.29, 0.717) is 31.5 Å². The maximum Gasteiger partial charge on any atom is 0.240 e. The Hall–Kier alpha value is -1.08. The first kappa shape index (κ1) is 17.9. The second-order valence-corrected chi connectivity index (χ2v) is 5.58. The van der Waals surface area contributed by atoms with Gasteiger partial charge in [-0.25, -0.2) is 0 Å². The molecule has 0 aliphatic rings. The summed E-state index contributed by atoms with van der Waals surface area (Å²) in [6, 6.07) is 3.08. The summed E-state index contributed by atoms with van der Waals surface area (Å²) in [4.78, 5) is 14.5. The molecule has 0 aromatic carbocycles. The molecular formula is C15H29N3O. The summed E-state index contributed by atoms with van der Waals surface area (Å²) in [5.74, 6) is -0.132. The Kier molecular flexibility index (Phi) is 7.70. The van der Waals surface area contributed by atoms with E-state index in [0.717, 1.165) is 6.54 Å². The lowest BCUT2D eigenvalue weighted by molar-refractivity contribution is -0.128. The Balaban J connectivity index is 4.42. The van der Waals surface area contributed by atoms with Gasteiger partial charge in [-0.3, -0.25) is 9.69 Å². The van der Waals surface area contributed by atoms with Crippen molar-refractivity contribution in [2.24, 2.45) is 5.41 Å². The van der Waals surface area contributed by atoms with E-state index in [4.69, 9.17) is 0 Å². The quantitative estimate of drug-likeness (QED) is 0.735. The molecule has 0 aromatic heterocycles. The van der Waals surface area contributed by atoms with Crippen LogP contribution in [0, 0.1) is 16.7 Å². The molecule has 0 aliphatic heterocycles. The molecule has 0 fully saturated rings. The smallest absolute Gasteiger partial charge is 0.240 e. The zero-order valence-corrected chi connectivity index (χ0v) is 13.3. The molecule has 0 saturated heterocycles. The minimum Gasteiger partial charge on any atom is -0.353 e. The van der Waals surface area contributed by atoms with Crippen LogP contribution in [-0.4, -0.2) is 36.0 Å². The Morgan fingerprint density at radius 2 is 1.68 bits per heavy atom. The van der Waals surface area contributed by atoms with Crippen LogP contribution in [0.25, 0.3) is 0 Å². The maximum atomic E-state index is 12.1. The van der Waals surface area contributed by atoms with Crippen LogP contribution < -0.4 is 5.32 Å². The van der Waals surface area contributed by atoms with Gasteiger partial charge in [0.1, 0.15) is 5.41 Å². The van der Waals surface area contributed by atoms with Gasteiger partial charge < -0.3 is 5.32 Å². The average molecular weight is 267 g/mol. The van der Waals surface area contributed by atoms with Crippen molar-refractivity contribution < 1.29 is 4.79 Å². The first-order valence-corrected chi connectivity index (χ1v) is 7.29. The predicted octanol–water partition coefficient (Wildman–Crippen LogP) is 2.55. The molecule has 0 saturated carbocycles. The number of nitriles is 1. The van der Waals surface area contributed by atoms with Gasteiger partial charge in [0.2, 0.25) is 5.91 Å². The lowest BCUT2D eigenvalue weighted by Crippen LogP contribution is -2.45. The monoisotopic (exact) mass is 267 g/mol. The minimum absolute atomic E-state index is 0.132. The van der Waals surface area contributed by atoms with Gasteiger partial charge >= 0.3 is 0 Å². The second-order valence-electron chi connectivity index (χ2n) is 5.58. The number of carbonyl (C=O) groups is 1. The van der Waals surface area contributed by atoms with Crippen LogP contribution in [0.2, 0.25) is 0 Å². The molecule has 0 rings (SSSR count). The van der Waals surface area contributed by atoms with Crippen molar-refractivity contribution >= 4 is 5.91 Å². The average Bonchev–Trinajstić information content (AvgIpc) is 2.36. The largest absolute Gasteiger partial charge is 0.353 e. The molecular weight excluding hydrogens is 238 g/mol. The number of carbonyl (C=O) groups excluding carboxylic acids is 1. The number of hydrogen-bond donors (Lipinski definition) is 1. The zero-order chi connectivity index (χ0) is 15.1. The molecule has 0 radical (unpaired) electrons. The number of hydrogen-bond acceptors (Lipinski definition) is 3. The molecule has 0 aromatic rings. The Bertz CT molecular complexity index is 306. The summed E-state index contributed by atoms with van der Waals surface area (Å²) in [5, 5.41) is 12.1. The van der Waals surface area contributed by atoms with Crippen molar-refractivity contribution in [3.8, 4) is 6.07 Å². The third kappa shape index (κ3) is 4.83. The van der Waals surface area contributed by atoms with Gasteiger partial charge in [-0.05, 0) is 40.5 Å². The van der Waals surface area contributed by atoms with E-state index in [1.165, 1.54) is 0 Å². The number of amides is 1. The van der Waals surface area contributed by atoms with E-state index in [1.807, 2.05) is 13.8 Å². The lowest BCUT2D eigenvalue weighted by Gasteiger charge is -2.31. The molecule has 19 heavy (non-hydrogen) atoms. The highest BCUT2D eigenvalue weighted by atomic mass is 16.2. The van der Waals surface area contributed by atoms with Crippen LogP contribution in [0.15, 0.2) is 0 Å². The van der Waals surface area contributed by atoms with Crippen molar-refractivity contribution in [1.29, 1.82) is 5.26 Å². The number of nitrogens with zero attached hydrogens (tertiary/aromatic N) is 2. The van der Waals surface area contributed by atoms with Crippen LogP contribution in [0.5, 0.6) is 0 Å². The Morgan fingerprint density at radius 1 is 1.21 bits per heavy atom. The van der Waals surface area contributed by atoms with Crippen molar-refractivity contribution in [2.45, 2.75) is 66.5 Å². The summed E-state index contributed by atoms with van der Waals surface area (Å²) >= 11 is 0. The molecule has 4 heteroatoms. The van der Waals surface area contributed by atoms with Gasteiger partial charge in [0, 0.05) is 25.2 Å². The van der Waals surface area contributed by atoms with E-state index in [2.05, 4.69) is 44.0 Å². The fourth-order valence-electron chi connectivity index (χ4n) is 2.36. The molecule has 0 spiro atoms. The van der Waals surface area contributed by atoms with Crippen molar-refractivity contribution in [3.63, 3.8) is 0 Å². The van der Waals surface area contributed by atoms with E-state index < -0.39 is 5.41 Å². The lowest BCUT2D eigenvalue weighted by atomic mass is 9.83. The molecule has 0 atom stereocenters. The summed E-state index contributed by atoms with van der Waals surface area (Å²) in [5.41, 5.74) is -0.861. The SMILES string of the molecule is CCC(C#N)(CC)C(=O)NCCN(C(C)C)C(C)C. The number of nitrogens with one attached hydrogen (secondary N) is 1. The van der Waals surface area contributed by atoms with Gasteiger partial charge in [0.15, 0.2) is 0 Å². The standard InChI is InChI=1S/C15H29N3O/c1-7-15(8-2,11-16)14(19)17-9-10-18(12(3)4)13(5)6/h12-13H,7-10H2,1-6H3,(H,17,19). The molecule has 1 amide bonds. The highest BCUT2D eigenvalue weighted by Gasteiger charge is 2.34. The van der Waals surface area contributed by atoms with Gasteiger partial charge in [-0.2, -0.15) is 5.26 Å². The normalized spacial score (nSPS) is 12.0. The van der Waals surface area contributed by atoms with Crippen LogP contribution in [0.3, 0.4) is 0 Å². The van der Waals surface area contributed by atoms with Gasteiger partial charge in [0.25, 0.3) is 0 Å². The van der Waals surface area contributed by atoms with Crippen LogP contribution in [0.4, 0.5) is 0 Å². The van der Waals surface area contributed by atoms with Gasteiger partial charge in [-0.15, -0.1) is 0 Å². The minimum atomic E-state index is -0.861. The molecule has 0 unspecified atom stereocenters. The van der Waals surface area contributed by atoms with Crippen LogP contribution >= 0.6 is 0 Å². The summed E-state index contributed by atoms with van der Waals surface area (Å²) in [7, 11) is 0. The van der Waals surface area contributed by atoms with Crippen molar-refractivity contribution in [2.75, 3.05) is 13.1 Å². The summed E-state index contributed by atoms with van der Waals surface area (Å²) in [6.07, 6.45) is 1.12. The highest BCUT2D eigenvalue weighted by Crippen LogP contribution is 2.25. The van der Waals surface area contributed by atoms with Gasteiger partial charge in [-0.1, -0.05) is 13.8 Å². The molecule has 0 heterocycles. The van der Waals surface area contributed by atoms with E-state index in [-0.39, 0.29) is 5.91 Å². The molecule has 110 valence electrons. The molecule has 0 bridgehead atoms. The van der Waals surface area contributed by atoms with E-state index in [9.17, 15) is 10.1 Å². The number of rotatable bonds is 8. The molecule has 4 nitrogen and oxygen atoms in total. The fourth-order valence-corrected chi connectivity index (χ4v) is 2.36. The topological polar surface area (TPSA) is 56.1 Å². The second kappa shape index (κ2) is 8.16. The molecule has 1 N–H and O–H groups in total. The zero-order valence-electron chi connectivity index (χ0n) is 13.3. The van der Waals surface area contributed by atoms with Crippen molar-refractivity contribution in [1.82, 2.24) is 10.2 Å². The van der Waals surface area contributed by atoms with E-state index in [1.54, 1.807) is 0 Å². The predicted molar refractivity (Wildman–Crippen MR) is 78.6 cm³/mol. The maximum absolute atomic E-state index is 12.1. The highest BCUT2D eigenvalue weighted by molar-refractivity contribution is 5.85. The third-order valence-electron chi connectivity index (χ3n) is 3.84. The van der Waals surface area contributed by atoms with Gasteiger partial charge in [0.05, 0.1) is 6.07 Å². The molecule has 0 aliphatic carbocycles. The fraction of sp³-hybridized carbons (Fsp3) is 0.867. The first-order chi connectivity index (χ1) is 8.84.